The lowest BCUT2D eigenvalue weighted by Crippen LogP contribution is -2.44. The molecule has 0 saturated carbocycles. The number of rotatable bonds is 3. The number of Topliss-reactive ketones (excluding diaryl/α,β-unsaturated/α-hetero) is 1. The normalized spacial score (nSPS) is 19.1. The van der Waals surface area contributed by atoms with Crippen molar-refractivity contribution in [2.24, 2.45) is 4.99 Å². The number of aliphatic imine (C=N–C) groups is 1. The largest absolute Gasteiger partial charge is 0.347 e. The van der Waals surface area contributed by atoms with Crippen LogP contribution in [0, 0.1) is 0 Å². The molecule has 0 aliphatic carbocycles. The summed E-state index contributed by atoms with van der Waals surface area (Å²) in [5.74, 6) is -0.329. The molecule has 5 heteroatoms. The van der Waals surface area contributed by atoms with Crippen molar-refractivity contribution < 1.29 is 9.59 Å². The van der Waals surface area contributed by atoms with Gasteiger partial charge < -0.3 is 5.32 Å². The topological polar surface area (TPSA) is 58.5 Å². The summed E-state index contributed by atoms with van der Waals surface area (Å²) in [5.41, 5.74) is 0.911. The number of carbonyl (C=O) groups is 2. The van der Waals surface area contributed by atoms with Crippen molar-refractivity contribution in [1.82, 2.24) is 5.32 Å². The second-order valence-electron chi connectivity index (χ2n) is 4.27. The maximum absolute atomic E-state index is 12.0. The van der Waals surface area contributed by atoms with Crippen LogP contribution < -0.4 is 5.32 Å². The highest BCUT2D eigenvalue weighted by Crippen LogP contribution is 2.12. The molecule has 18 heavy (non-hydrogen) atoms. The number of hydrogen-bond donors (Lipinski definition) is 1. The molecule has 0 saturated heterocycles. The van der Waals surface area contributed by atoms with Gasteiger partial charge in [-0.2, -0.15) is 0 Å². The highest BCUT2D eigenvalue weighted by Gasteiger charge is 2.21. The van der Waals surface area contributed by atoms with Gasteiger partial charge in [0.25, 0.3) is 5.91 Å². The molecule has 0 radical (unpaired) electrons. The van der Waals surface area contributed by atoms with Gasteiger partial charge in [0.2, 0.25) is 0 Å². The van der Waals surface area contributed by atoms with Gasteiger partial charge in [0.05, 0.1) is 13.0 Å². The third kappa shape index (κ3) is 3.04. The van der Waals surface area contributed by atoms with E-state index in [1.54, 1.807) is 24.3 Å². The van der Waals surface area contributed by atoms with Crippen LogP contribution in [-0.4, -0.2) is 30.0 Å². The van der Waals surface area contributed by atoms with Crippen molar-refractivity contribution in [2.75, 3.05) is 6.54 Å². The van der Waals surface area contributed by atoms with Gasteiger partial charge in [0, 0.05) is 16.1 Å². The van der Waals surface area contributed by atoms with E-state index in [9.17, 15) is 9.59 Å². The first-order valence-electron chi connectivity index (χ1n) is 5.69. The molecule has 1 N–H and O–H groups in total. The van der Waals surface area contributed by atoms with Crippen LogP contribution in [0.5, 0.6) is 0 Å². The second-order valence-corrected chi connectivity index (χ2v) is 5.18. The van der Waals surface area contributed by atoms with E-state index in [1.165, 1.54) is 0 Å². The average molecular weight is 309 g/mol. The van der Waals surface area contributed by atoms with Crippen molar-refractivity contribution in [3.05, 3.63) is 34.3 Å². The van der Waals surface area contributed by atoms with E-state index >= 15 is 0 Å². The summed E-state index contributed by atoms with van der Waals surface area (Å²) in [6.45, 7) is 2.42. The summed E-state index contributed by atoms with van der Waals surface area (Å²) in [7, 11) is 0. The van der Waals surface area contributed by atoms with Gasteiger partial charge in [-0.05, 0) is 19.1 Å². The van der Waals surface area contributed by atoms with E-state index in [1.807, 2.05) is 6.92 Å². The molecule has 1 aromatic rings. The molecule has 1 heterocycles. The van der Waals surface area contributed by atoms with Crippen molar-refractivity contribution in [3.8, 4) is 0 Å². The fourth-order valence-electron chi connectivity index (χ4n) is 1.70. The molecular weight excluding hydrogens is 296 g/mol. The standard InChI is InChI=1S/C13H13BrN2O2/c1-8-7-15-11(13(18)16-8)6-12(17)9-2-4-10(14)5-3-9/h2-5,8H,6-7H2,1H3,(H,16,18)/t8-/m0/s1. The second kappa shape index (κ2) is 5.44. The molecule has 1 amide bonds. The predicted molar refractivity (Wildman–Crippen MR) is 73.0 cm³/mol. The zero-order chi connectivity index (χ0) is 13.1. The zero-order valence-electron chi connectivity index (χ0n) is 9.94. The molecule has 0 fully saturated rings. The van der Waals surface area contributed by atoms with Crippen LogP contribution in [0.15, 0.2) is 33.7 Å². The lowest BCUT2D eigenvalue weighted by atomic mass is 10.0. The van der Waals surface area contributed by atoms with Gasteiger partial charge in [0.1, 0.15) is 5.71 Å². The quantitative estimate of drug-likeness (QED) is 0.868. The fourth-order valence-corrected chi connectivity index (χ4v) is 1.96. The third-order valence-electron chi connectivity index (χ3n) is 2.69. The molecule has 94 valence electrons. The van der Waals surface area contributed by atoms with Crippen LogP contribution in [0.3, 0.4) is 0 Å². The average Bonchev–Trinajstić information content (AvgIpc) is 2.33. The number of halogens is 1. The van der Waals surface area contributed by atoms with Gasteiger partial charge >= 0.3 is 0 Å². The Morgan fingerprint density at radius 2 is 2.11 bits per heavy atom. The molecule has 1 atom stereocenters. The minimum atomic E-state index is -0.237. The molecule has 1 aliphatic rings. The van der Waals surface area contributed by atoms with Crippen molar-refractivity contribution >= 4 is 33.3 Å². The van der Waals surface area contributed by atoms with Gasteiger partial charge in [-0.3, -0.25) is 14.6 Å². The fraction of sp³-hybridized carbons (Fsp3) is 0.308. The lowest BCUT2D eigenvalue weighted by Gasteiger charge is -2.18. The summed E-state index contributed by atoms with van der Waals surface area (Å²) < 4.78 is 0.917. The Morgan fingerprint density at radius 3 is 2.72 bits per heavy atom. The van der Waals surface area contributed by atoms with Crippen LogP contribution in [0.4, 0.5) is 0 Å². The van der Waals surface area contributed by atoms with Crippen molar-refractivity contribution in [1.29, 1.82) is 0 Å². The van der Waals surface area contributed by atoms with Gasteiger partial charge in [-0.1, -0.05) is 28.1 Å². The summed E-state index contributed by atoms with van der Waals surface area (Å²) in [6.07, 6.45) is 0.0557. The number of nitrogens with one attached hydrogen (secondary N) is 1. The Kier molecular flexibility index (Phi) is 3.91. The van der Waals surface area contributed by atoms with E-state index in [-0.39, 0.29) is 24.2 Å². The number of benzene rings is 1. The van der Waals surface area contributed by atoms with Crippen LogP contribution in [-0.2, 0) is 4.79 Å². The van der Waals surface area contributed by atoms with Crippen LogP contribution in [0.25, 0.3) is 0 Å². The highest BCUT2D eigenvalue weighted by atomic mass is 79.9. The number of amides is 1. The minimum absolute atomic E-state index is 0.0454. The maximum atomic E-state index is 12.0. The van der Waals surface area contributed by atoms with Crippen LogP contribution in [0.1, 0.15) is 23.7 Å². The monoisotopic (exact) mass is 308 g/mol. The number of hydrogen-bond acceptors (Lipinski definition) is 3. The SMILES string of the molecule is C[C@H]1CN=C(CC(=O)c2ccc(Br)cc2)C(=O)N1. The number of carbonyl (C=O) groups excluding carboxylic acids is 2. The van der Waals surface area contributed by atoms with E-state index in [4.69, 9.17) is 0 Å². The number of nitrogens with zero attached hydrogens (tertiary/aromatic N) is 1. The van der Waals surface area contributed by atoms with Gasteiger partial charge in [-0.25, -0.2) is 0 Å². The molecule has 0 bridgehead atoms. The Labute approximate surface area is 114 Å². The molecule has 0 unspecified atom stereocenters. The minimum Gasteiger partial charge on any atom is -0.347 e. The molecule has 0 aromatic heterocycles. The molecular formula is C13H13BrN2O2. The number of ketones is 1. The first-order valence-corrected chi connectivity index (χ1v) is 6.48. The van der Waals surface area contributed by atoms with Gasteiger partial charge in [-0.15, -0.1) is 0 Å². The molecule has 4 nitrogen and oxygen atoms in total. The third-order valence-corrected chi connectivity index (χ3v) is 3.22. The van der Waals surface area contributed by atoms with E-state index in [2.05, 4.69) is 26.2 Å². The summed E-state index contributed by atoms with van der Waals surface area (Å²) >= 11 is 3.31. The lowest BCUT2D eigenvalue weighted by molar-refractivity contribution is -0.115. The molecule has 1 aromatic carbocycles. The Hall–Kier alpha value is -1.49. The molecule has 1 aliphatic heterocycles. The highest BCUT2D eigenvalue weighted by molar-refractivity contribution is 9.10. The Balaban J connectivity index is 2.08. The molecule has 2 rings (SSSR count). The Morgan fingerprint density at radius 1 is 1.44 bits per heavy atom. The van der Waals surface area contributed by atoms with Crippen LogP contribution >= 0.6 is 15.9 Å². The predicted octanol–water partition coefficient (Wildman–Crippen LogP) is 1.98. The smallest absolute Gasteiger partial charge is 0.265 e. The van der Waals surface area contributed by atoms with Crippen molar-refractivity contribution in [2.45, 2.75) is 19.4 Å². The van der Waals surface area contributed by atoms with Gasteiger partial charge in [0.15, 0.2) is 5.78 Å². The van der Waals surface area contributed by atoms with Crippen molar-refractivity contribution in [3.63, 3.8) is 0 Å². The molecule has 0 spiro atoms. The van der Waals surface area contributed by atoms with Crippen LogP contribution in [0.2, 0.25) is 0 Å². The zero-order valence-corrected chi connectivity index (χ0v) is 11.5. The summed E-state index contributed by atoms with van der Waals surface area (Å²) in [5, 5.41) is 2.77. The first-order chi connectivity index (χ1) is 8.56. The first kappa shape index (κ1) is 13.0. The maximum Gasteiger partial charge on any atom is 0.265 e. The summed E-state index contributed by atoms with van der Waals surface area (Å²) in [6, 6.07) is 7.12. The van der Waals surface area contributed by atoms with E-state index in [0.29, 0.717) is 17.8 Å². The van der Waals surface area contributed by atoms with E-state index in [0.717, 1.165) is 4.47 Å². The van der Waals surface area contributed by atoms with E-state index < -0.39 is 0 Å². The summed E-state index contributed by atoms with van der Waals surface area (Å²) in [4.78, 5) is 27.7. The Bertz CT molecular complexity index is 508.